The zero-order valence-electron chi connectivity index (χ0n) is 11.4. The Kier molecular flexibility index (Phi) is 4.68. The lowest BCUT2D eigenvalue weighted by atomic mass is 10.3. The summed E-state index contributed by atoms with van der Waals surface area (Å²) < 4.78 is 27.5. The second-order valence-electron chi connectivity index (χ2n) is 4.29. The molecule has 0 aliphatic rings. The maximum atomic E-state index is 12.3. The van der Waals surface area contributed by atoms with Crippen molar-refractivity contribution in [3.63, 3.8) is 0 Å². The lowest BCUT2D eigenvalue weighted by Gasteiger charge is -2.09. The van der Waals surface area contributed by atoms with Crippen LogP contribution >= 0.6 is 27.3 Å². The summed E-state index contributed by atoms with van der Waals surface area (Å²) in [5.74, 6) is 0.0556. The van der Waals surface area contributed by atoms with Crippen LogP contribution in [0.2, 0.25) is 0 Å². The number of halogens is 1. The van der Waals surface area contributed by atoms with Crippen molar-refractivity contribution in [1.29, 1.82) is 0 Å². The summed E-state index contributed by atoms with van der Waals surface area (Å²) in [6, 6.07) is 2.98. The van der Waals surface area contributed by atoms with Gasteiger partial charge in [0.1, 0.15) is 11.6 Å². The minimum Gasteiger partial charge on any atom is -0.465 e. The van der Waals surface area contributed by atoms with E-state index < -0.39 is 16.1 Å². The van der Waals surface area contributed by atoms with Crippen LogP contribution in [0, 0.1) is 13.8 Å². The highest BCUT2D eigenvalue weighted by atomic mass is 79.9. The fourth-order valence-electron chi connectivity index (χ4n) is 1.68. The predicted molar refractivity (Wildman–Crippen MR) is 86.0 cm³/mol. The van der Waals surface area contributed by atoms with Gasteiger partial charge in [0, 0.05) is 0 Å². The Morgan fingerprint density at radius 3 is 2.45 bits per heavy atom. The Morgan fingerprint density at radius 2 is 1.91 bits per heavy atom. The van der Waals surface area contributed by atoms with Crippen molar-refractivity contribution in [3.8, 4) is 0 Å². The van der Waals surface area contributed by atoms with Gasteiger partial charge in [-0.2, -0.15) is 0 Å². The third kappa shape index (κ3) is 3.93. The number of amides is 1. The quantitative estimate of drug-likeness (QED) is 0.717. The second kappa shape index (κ2) is 6.18. The van der Waals surface area contributed by atoms with E-state index in [0.29, 0.717) is 15.2 Å². The fraction of sp³-hybridized carbons (Fsp3) is 0.182. The van der Waals surface area contributed by atoms with Crippen LogP contribution < -0.4 is 10.0 Å². The highest BCUT2D eigenvalue weighted by Gasteiger charge is 2.22. The molecule has 3 N–H and O–H groups in total. The van der Waals surface area contributed by atoms with Gasteiger partial charge in [-0.05, 0) is 47.5 Å². The molecule has 0 saturated carbocycles. The number of thiazole rings is 1. The van der Waals surface area contributed by atoms with Crippen molar-refractivity contribution in [2.24, 2.45) is 0 Å². The Balaban J connectivity index is 2.35. The van der Waals surface area contributed by atoms with Crippen LogP contribution in [-0.4, -0.2) is 29.6 Å². The number of carbonyl (C=O) groups is 1. The standard InChI is InChI=1S/C11H11BrN4O4S2/c1-5-3-7(15-11(17)18)14-8(4-5)16-22(19,20)9-6(2)13-10(12)21-9/h3-4H,1-2H3,(H,17,18)(H2,14,15,16). The van der Waals surface area contributed by atoms with Crippen molar-refractivity contribution in [1.82, 2.24) is 9.97 Å². The van der Waals surface area contributed by atoms with E-state index in [1.165, 1.54) is 12.1 Å². The second-order valence-corrected chi connectivity index (χ2v) is 8.44. The molecule has 0 atom stereocenters. The molecule has 0 aliphatic heterocycles. The molecule has 0 radical (unpaired) electrons. The number of hydrogen-bond acceptors (Lipinski definition) is 6. The van der Waals surface area contributed by atoms with Crippen LogP contribution in [0.25, 0.3) is 0 Å². The van der Waals surface area contributed by atoms with E-state index in [0.717, 1.165) is 11.3 Å². The van der Waals surface area contributed by atoms with Gasteiger partial charge in [0.25, 0.3) is 10.0 Å². The number of aromatic nitrogens is 2. The van der Waals surface area contributed by atoms with Crippen LogP contribution in [0.1, 0.15) is 11.3 Å². The summed E-state index contributed by atoms with van der Waals surface area (Å²) in [6.07, 6.45) is -1.28. The summed E-state index contributed by atoms with van der Waals surface area (Å²) in [7, 11) is -3.85. The van der Waals surface area contributed by atoms with Crippen LogP contribution in [0.5, 0.6) is 0 Å². The highest BCUT2D eigenvalue weighted by molar-refractivity contribution is 9.11. The average molecular weight is 407 g/mol. The van der Waals surface area contributed by atoms with Crippen LogP contribution in [-0.2, 0) is 10.0 Å². The predicted octanol–water partition coefficient (Wildman–Crippen LogP) is 2.81. The number of rotatable bonds is 4. The van der Waals surface area contributed by atoms with E-state index >= 15 is 0 Å². The number of nitrogens with one attached hydrogen (secondary N) is 2. The summed E-state index contributed by atoms with van der Waals surface area (Å²) >= 11 is 4.11. The molecule has 1 amide bonds. The Bertz CT molecular complexity index is 835. The van der Waals surface area contributed by atoms with Crippen molar-refractivity contribution >= 4 is 55.0 Å². The minimum atomic E-state index is -3.85. The van der Waals surface area contributed by atoms with Gasteiger partial charge in [0.15, 0.2) is 8.13 Å². The third-order valence-corrected chi connectivity index (χ3v) is 5.99. The van der Waals surface area contributed by atoms with Gasteiger partial charge < -0.3 is 5.11 Å². The van der Waals surface area contributed by atoms with Crippen molar-refractivity contribution in [3.05, 3.63) is 27.3 Å². The van der Waals surface area contributed by atoms with Gasteiger partial charge >= 0.3 is 6.09 Å². The maximum absolute atomic E-state index is 12.3. The zero-order valence-corrected chi connectivity index (χ0v) is 14.6. The molecular weight excluding hydrogens is 396 g/mol. The lowest BCUT2D eigenvalue weighted by molar-refractivity contribution is 0.209. The molecular formula is C11H11BrN4O4S2. The zero-order chi connectivity index (χ0) is 16.5. The molecule has 0 saturated heterocycles. The normalized spacial score (nSPS) is 11.2. The topological polar surface area (TPSA) is 121 Å². The molecule has 0 aromatic carbocycles. The summed E-state index contributed by atoms with van der Waals surface area (Å²) in [6.45, 7) is 3.28. The first kappa shape index (κ1) is 16.6. The van der Waals surface area contributed by atoms with Crippen molar-refractivity contribution in [2.75, 3.05) is 10.0 Å². The first-order valence-electron chi connectivity index (χ1n) is 5.82. The number of aryl methyl sites for hydroxylation is 2. The van der Waals surface area contributed by atoms with E-state index in [1.54, 1.807) is 13.8 Å². The average Bonchev–Trinajstić information content (AvgIpc) is 2.66. The Labute approximate surface area is 138 Å². The van der Waals surface area contributed by atoms with Crippen LogP contribution in [0.15, 0.2) is 20.3 Å². The van der Waals surface area contributed by atoms with Gasteiger partial charge in [0.2, 0.25) is 0 Å². The van der Waals surface area contributed by atoms with E-state index in [-0.39, 0.29) is 15.8 Å². The van der Waals surface area contributed by atoms with Gasteiger partial charge in [-0.1, -0.05) is 11.3 Å². The lowest BCUT2D eigenvalue weighted by Crippen LogP contribution is -2.15. The monoisotopic (exact) mass is 406 g/mol. The molecule has 11 heteroatoms. The molecule has 0 bridgehead atoms. The molecule has 8 nitrogen and oxygen atoms in total. The number of sulfonamides is 1. The van der Waals surface area contributed by atoms with Gasteiger partial charge in [-0.15, -0.1) is 0 Å². The largest absolute Gasteiger partial charge is 0.465 e. The molecule has 22 heavy (non-hydrogen) atoms. The van der Waals surface area contributed by atoms with Crippen LogP contribution in [0.3, 0.4) is 0 Å². The van der Waals surface area contributed by atoms with Crippen molar-refractivity contribution in [2.45, 2.75) is 18.1 Å². The molecule has 2 rings (SSSR count). The molecule has 2 heterocycles. The number of pyridine rings is 1. The molecule has 0 fully saturated rings. The maximum Gasteiger partial charge on any atom is 0.410 e. The first-order valence-corrected chi connectivity index (χ1v) is 8.91. The van der Waals surface area contributed by atoms with E-state index in [9.17, 15) is 13.2 Å². The molecule has 0 unspecified atom stereocenters. The smallest absolute Gasteiger partial charge is 0.410 e. The van der Waals surface area contributed by atoms with Crippen molar-refractivity contribution < 1.29 is 18.3 Å². The first-order chi connectivity index (χ1) is 10.2. The number of carboxylic acid groups (broad SMARTS) is 1. The molecule has 118 valence electrons. The van der Waals surface area contributed by atoms with Crippen LogP contribution in [0.4, 0.5) is 16.4 Å². The highest BCUT2D eigenvalue weighted by Crippen LogP contribution is 2.28. The number of nitrogens with zero attached hydrogens (tertiary/aromatic N) is 2. The molecule has 0 aliphatic carbocycles. The summed E-state index contributed by atoms with van der Waals surface area (Å²) in [4.78, 5) is 18.6. The SMILES string of the molecule is Cc1cc(NC(=O)O)nc(NS(=O)(=O)c2sc(Br)nc2C)c1. The number of hydrogen-bond donors (Lipinski definition) is 3. The van der Waals surface area contributed by atoms with E-state index in [4.69, 9.17) is 5.11 Å². The van der Waals surface area contributed by atoms with E-state index in [2.05, 4.69) is 35.9 Å². The summed E-state index contributed by atoms with van der Waals surface area (Å²) in [5, 5.41) is 10.8. The molecule has 2 aromatic heterocycles. The van der Waals surface area contributed by atoms with E-state index in [1.807, 2.05) is 0 Å². The minimum absolute atomic E-state index is 0.0210. The van der Waals surface area contributed by atoms with Gasteiger partial charge in [-0.3, -0.25) is 10.0 Å². The van der Waals surface area contributed by atoms with Gasteiger partial charge in [-0.25, -0.2) is 23.2 Å². The summed E-state index contributed by atoms with van der Waals surface area (Å²) in [5.41, 5.74) is 1.01. The molecule has 0 spiro atoms. The Hall–Kier alpha value is -1.72. The molecule has 2 aromatic rings. The van der Waals surface area contributed by atoms with Gasteiger partial charge in [0.05, 0.1) is 5.69 Å². The Morgan fingerprint density at radius 1 is 1.27 bits per heavy atom. The number of anilines is 2. The fourth-order valence-corrected chi connectivity index (χ4v) is 4.99. The third-order valence-electron chi connectivity index (χ3n) is 2.42.